The van der Waals surface area contributed by atoms with Crippen molar-refractivity contribution in [3.8, 4) is 5.75 Å². The van der Waals surface area contributed by atoms with Crippen LogP contribution in [0.25, 0.3) is 0 Å². The molecule has 0 saturated carbocycles. The first-order chi connectivity index (χ1) is 13.0. The number of carbonyl (C=O) groups excluding carboxylic acids is 1. The van der Waals surface area contributed by atoms with Gasteiger partial charge in [0.2, 0.25) is 5.91 Å². The number of rotatable bonds is 6. The SMILES string of the molecule is COc1ccccc1CN1CCc2nnc([C@@H](C)NC(=O)C(C)C)n2CC1. The van der Waals surface area contributed by atoms with E-state index in [1.54, 1.807) is 7.11 Å². The smallest absolute Gasteiger partial charge is 0.223 e. The van der Waals surface area contributed by atoms with Gasteiger partial charge in [-0.1, -0.05) is 32.0 Å². The molecule has 0 fully saturated rings. The Morgan fingerprint density at radius 2 is 1.96 bits per heavy atom. The summed E-state index contributed by atoms with van der Waals surface area (Å²) >= 11 is 0. The van der Waals surface area contributed by atoms with Crippen molar-refractivity contribution in [1.82, 2.24) is 25.0 Å². The molecule has 0 unspecified atom stereocenters. The Hall–Kier alpha value is -2.41. The average Bonchev–Trinajstić information content (AvgIpc) is 2.97. The molecule has 146 valence electrons. The number of nitrogens with one attached hydrogen (secondary N) is 1. The van der Waals surface area contributed by atoms with Crippen LogP contribution in [0.1, 0.15) is 44.0 Å². The summed E-state index contributed by atoms with van der Waals surface area (Å²) in [6.45, 7) is 9.23. The summed E-state index contributed by atoms with van der Waals surface area (Å²) in [6, 6.07) is 7.99. The van der Waals surface area contributed by atoms with Gasteiger partial charge in [0.25, 0.3) is 0 Å². The highest BCUT2D eigenvalue weighted by molar-refractivity contribution is 5.78. The van der Waals surface area contributed by atoms with Gasteiger partial charge in [0.15, 0.2) is 5.82 Å². The van der Waals surface area contributed by atoms with E-state index in [4.69, 9.17) is 4.74 Å². The fourth-order valence-corrected chi connectivity index (χ4v) is 3.39. The van der Waals surface area contributed by atoms with Gasteiger partial charge in [-0.15, -0.1) is 10.2 Å². The standard InChI is InChI=1S/C20H29N5O2/c1-14(2)20(26)21-15(3)19-23-22-18-9-10-24(11-12-25(18)19)13-16-7-5-6-8-17(16)27-4/h5-8,14-15H,9-13H2,1-4H3,(H,21,26)/t15-/m1/s1. The molecule has 0 radical (unpaired) electrons. The van der Waals surface area contributed by atoms with Gasteiger partial charge in [0.05, 0.1) is 13.2 Å². The monoisotopic (exact) mass is 371 g/mol. The molecule has 0 saturated heterocycles. The molecule has 1 aliphatic heterocycles. The van der Waals surface area contributed by atoms with E-state index in [1.807, 2.05) is 39.0 Å². The zero-order valence-corrected chi connectivity index (χ0v) is 16.6. The van der Waals surface area contributed by atoms with Crippen molar-refractivity contribution in [2.45, 2.75) is 46.3 Å². The number of benzene rings is 1. The molecule has 7 heteroatoms. The van der Waals surface area contributed by atoms with E-state index >= 15 is 0 Å². The number of nitrogens with zero attached hydrogens (tertiary/aromatic N) is 4. The van der Waals surface area contributed by atoms with Gasteiger partial charge < -0.3 is 14.6 Å². The fraction of sp³-hybridized carbons (Fsp3) is 0.550. The van der Waals surface area contributed by atoms with Gasteiger partial charge in [-0.05, 0) is 13.0 Å². The highest BCUT2D eigenvalue weighted by atomic mass is 16.5. The van der Waals surface area contributed by atoms with Crippen LogP contribution in [0.15, 0.2) is 24.3 Å². The molecule has 1 aliphatic rings. The van der Waals surface area contributed by atoms with Crippen molar-refractivity contribution in [3.05, 3.63) is 41.5 Å². The lowest BCUT2D eigenvalue weighted by Crippen LogP contribution is -2.32. The molecule has 0 aliphatic carbocycles. The number of hydrogen-bond donors (Lipinski definition) is 1. The van der Waals surface area contributed by atoms with Crippen LogP contribution in [0.5, 0.6) is 5.75 Å². The number of para-hydroxylation sites is 1. The van der Waals surface area contributed by atoms with E-state index in [0.717, 1.165) is 50.0 Å². The van der Waals surface area contributed by atoms with E-state index < -0.39 is 0 Å². The molecule has 2 aromatic rings. The van der Waals surface area contributed by atoms with Crippen molar-refractivity contribution < 1.29 is 9.53 Å². The number of fused-ring (bicyclic) bond motifs is 1. The normalized spacial score (nSPS) is 15.9. The maximum atomic E-state index is 12.0. The molecule has 1 amide bonds. The van der Waals surface area contributed by atoms with E-state index in [9.17, 15) is 4.79 Å². The molecular weight excluding hydrogens is 342 g/mol. The summed E-state index contributed by atoms with van der Waals surface area (Å²) < 4.78 is 7.64. The Bertz CT molecular complexity index is 786. The van der Waals surface area contributed by atoms with Gasteiger partial charge >= 0.3 is 0 Å². The number of hydrogen-bond acceptors (Lipinski definition) is 5. The van der Waals surface area contributed by atoms with Crippen LogP contribution in [0.3, 0.4) is 0 Å². The second-order valence-corrected chi connectivity index (χ2v) is 7.35. The predicted molar refractivity (Wildman–Crippen MR) is 103 cm³/mol. The molecule has 1 aromatic heterocycles. The van der Waals surface area contributed by atoms with Crippen LogP contribution < -0.4 is 10.1 Å². The third-order valence-corrected chi connectivity index (χ3v) is 5.00. The largest absolute Gasteiger partial charge is 0.496 e. The van der Waals surface area contributed by atoms with E-state index in [2.05, 4.69) is 31.0 Å². The third kappa shape index (κ3) is 4.47. The summed E-state index contributed by atoms with van der Waals surface area (Å²) in [5, 5.41) is 11.7. The lowest BCUT2D eigenvalue weighted by atomic mass is 10.2. The van der Waals surface area contributed by atoms with Gasteiger partial charge in [0.1, 0.15) is 11.6 Å². The zero-order chi connectivity index (χ0) is 19.4. The maximum absolute atomic E-state index is 12.0. The molecule has 1 N–H and O–H groups in total. The quantitative estimate of drug-likeness (QED) is 0.843. The molecule has 7 nitrogen and oxygen atoms in total. The van der Waals surface area contributed by atoms with E-state index in [-0.39, 0.29) is 17.9 Å². The van der Waals surface area contributed by atoms with Gasteiger partial charge in [-0.3, -0.25) is 9.69 Å². The number of ether oxygens (including phenoxy) is 1. The second kappa shape index (κ2) is 8.52. The van der Waals surface area contributed by atoms with Gasteiger partial charge in [0, 0.05) is 44.1 Å². The van der Waals surface area contributed by atoms with Crippen molar-refractivity contribution in [3.63, 3.8) is 0 Å². The minimum Gasteiger partial charge on any atom is -0.496 e. The zero-order valence-electron chi connectivity index (χ0n) is 16.6. The minimum atomic E-state index is -0.151. The Labute approximate surface area is 160 Å². The van der Waals surface area contributed by atoms with Crippen LogP contribution >= 0.6 is 0 Å². The first kappa shape index (κ1) is 19.4. The van der Waals surface area contributed by atoms with E-state index in [1.165, 1.54) is 5.56 Å². The number of methoxy groups -OCH3 is 1. The summed E-state index contributed by atoms with van der Waals surface area (Å²) in [6.07, 6.45) is 0.840. The number of aromatic nitrogens is 3. The van der Waals surface area contributed by atoms with Crippen LogP contribution in [-0.4, -0.2) is 45.8 Å². The summed E-state index contributed by atoms with van der Waals surface area (Å²) in [5.74, 6) is 2.73. The lowest BCUT2D eigenvalue weighted by molar-refractivity contribution is -0.124. The first-order valence-corrected chi connectivity index (χ1v) is 9.56. The summed E-state index contributed by atoms with van der Waals surface area (Å²) in [7, 11) is 1.71. The van der Waals surface area contributed by atoms with Crippen molar-refractivity contribution in [2.24, 2.45) is 5.92 Å². The predicted octanol–water partition coefficient (Wildman–Crippen LogP) is 2.18. The highest BCUT2D eigenvalue weighted by Crippen LogP contribution is 2.21. The van der Waals surface area contributed by atoms with Gasteiger partial charge in [-0.2, -0.15) is 0 Å². The molecule has 0 bridgehead atoms. The van der Waals surface area contributed by atoms with Gasteiger partial charge in [-0.25, -0.2) is 0 Å². The molecule has 1 atom stereocenters. The maximum Gasteiger partial charge on any atom is 0.223 e. The highest BCUT2D eigenvalue weighted by Gasteiger charge is 2.23. The molecular formula is C20H29N5O2. The second-order valence-electron chi connectivity index (χ2n) is 7.35. The van der Waals surface area contributed by atoms with Crippen molar-refractivity contribution in [1.29, 1.82) is 0 Å². The molecule has 2 heterocycles. The van der Waals surface area contributed by atoms with Crippen LogP contribution in [0, 0.1) is 5.92 Å². The number of amides is 1. The summed E-state index contributed by atoms with van der Waals surface area (Å²) in [5.41, 5.74) is 1.19. The lowest BCUT2D eigenvalue weighted by Gasteiger charge is -2.21. The summed E-state index contributed by atoms with van der Waals surface area (Å²) in [4.78, 5) is 14.4. The van der Waals surface area contributed by atoms with Crippen LogP contribution in [-0.2, 0) is 24.3 Å². The Morgan fingerprint density at radius 1 is 1.19 bits per heavy atom. The van der Waals surface area contributed by atoms with Crippen LogP contribution in [0.4, 0.5) is 0 Å². The Morgan fingerprint density at radius 3 is 2.70 bits per heavy atom. The first-order valence-electron chi connectivity index (χ1n) is 9.56. The topological polar surface area (TPSA) is 72.3 Å². The number of carbonyl (C=O) groups is 1. The average molecular weight is 371 g/mol. The molecule has 0 spiro atoms. The van der Waals surface area contributed by atoms with Crippen LogP contribution in [0.2, 0.25) is 0 Å². The van der Waals surface area contributed by atoms with E-state index in [0.29, 0.717) is 0 Å². The Kier molecular flexibility index (Phi) is 6.11. The van der Waals surface area contributed by atoms with Crippen molar-refractivity contribution in [2.75, 3.05) is 20.2 Å². The molecule has 27 heavy (non-hydrogen) atoms. The third-order valence-electron chi connectivity index (χ3n) is 5.00. The molecule has 1 aromatic carbocycles. The Balaban J connectivity index is 1.68. The fourth-order valence-electron chi connectivity index (χ4n) is 3.39. The molecule has 3 rings (SSSR count). The van der Waals surface area contributed by atoms with Crippen molar-refractivity contribution >= 4 is 5.91 Å². The minimum absolute atomic E-state index is 0.0336.